The molecule has 7 heteroatoms. The molecule has 1 aromatic carbocycles. The van der Waals surface area contributed by atoms with Gasteiger partial charge in [-0.05, 0) is 39.1 Å². The van der Waals surface area contributed by atoms with Gasteiger partial charge < -0.3 is 4.98 Å². The Balaban J connectivity index is 1.80. The van der Waals surface area contributed by atoms with E-state index in [2.05, 4.69) is 39.0 Å². The highest BCUT2D eigenvalue weighted by Gasteiger charge is 2.17. The van der Waals surface area contributed by atoms with E-state index in [0.29, 0.717) is 5.02 Å². The normalized spacial score (nSPS) is 13.2. The Kier molecular flexibility index (Phi) is 3.93. The lowest BCUT2D eigenvalue weighted by molar-refractivity contribution is 0.244. The highest BCUT2D eigenvalue weighted by molar-refractivity contribution is 7.11. The molecule has 0 aliphatic heterocycles. The third kappa shape index (κ3) is 3.07. The second-order valence-electron chi connectivity index (χ2n) is 5.09. The third-order valence-corrected chi connectivity index (χ3v) is 4.53. The zero-order valence-corrected chi connectivity index (χ0v) is 13.7. The Morgan fingerprint density at radius 3 is 2.90 bits per heavy atom. The van der Waals surface area contributed by atoms with E-state index < -0.39 is 0 Å². The van der Waals surface area contributed by atoms with Crippen LogP contribution in [-0.2, 0) is 6.54 Å². The van der Waals surface area contributed by atoms with Gasteiger partial charge in [0, 0.05) is 5.02 Å². The fourth-order valence-corrected chi connectivity index (χ4v) is 3.10. The Morgan fingerprint density at radius 1 is 1.38 bits per heavy atom. The molecule has 0 aliphatic carbocycles. The van der Waals surface area contributed by atoms with Crippen molar-refractivity contribution in [3.05, 3.63) is 39.1 Å². The molecule has 0 spiro atoms. The Labute approximate surface area is 132 Å². The van der Waals surface area contributed by atoms with Crippen molar-refractivity contribution in [1.82, 2.24) is 25.1 Å². The van der Waals surface area contributed by atoms with E-state index in [1.807, 2.05) is 25.1 Å². The molecule has 110 valence electrons. The monoisotopic (exact) mass is 321 g/mol. The fraction of sp³-hybridized carbons (Fsp3) is 0.357. The van der Waals surface area contributed by atoms with Crippen molar-refractivity contribution in [2.75, 3.05) is 7.05 Å². The minimum Gasteiger partial charge on any atom is -0.341 e. The van der Waals surface area contributed by atoms with Gasteiger partial charge in [0.25, 0.3) is 0 Å². The van der Waals surface area contributed by atoms with E-state index >= 15 is 0 Å². The van der Waals surface area contributed by atoms with Crippen molar-refractivity contribution >= 4 is 34.0 Å². The second-order valence-corrected chi connectivity index (χ2v) is 6.79. The van der Waals surface area contributed by atoms with Gasteiger partial charge in [0.15, 0.2) is 0 Å². The second kappa shape index (κ2) is 5.71. The summed E-state index contributed by atoms with van der Waals surface area (Å²) in [7, 11) is 2.06. The summed E-state index contributed by atoms with van der Waals surface area (Å²) in [4.78, 5) is 10.2. The van der Waals surface area contributed by atoms with Crippen LogP contribution in [0, 0.1) is 6.92 Å². The van der Waals surface area contributed by atoms with Gasteiger partial charge in [-0.3, -0.25) is 4.90 Å². The van der Waals surface area contributed by atoms with Crippen LogP contribution >= 0.6 is 22.9 Å². The van der Waals surface area contributed by atoms with Crippen molar-refractivity contribution in [2.24, 2.45) is 0 Å². The largest absolute Gasteiger partial charge is 0.341 e. The first-order chi connectivity index (χ1) is 10.0. The molecule has 3 aromatic rings. The van der Waals surface area contributed by atoms with Gasteiger partial charge in [-0.15, -0.1) is 21.5 Å². The van der Waals surface area contributed by atoms with Crippen LogP contribution in [0.3, 0.4) is 0 Å². The molecule has 1 atom stereocenters. The van der Waals surface area contributed by atoms with Gasteiger partial charge in [0.05, 0.1) is 23.6 Å². The molecule has 2 aromatic heterocycles. The summed E-state index contributed by atoms with van der Waals surface area (Å²) < 4.78 is 0. The van der Waals surface area contributed by atoms with Crippen molar-refractivity contribution < 1.29 is 0 Å². The van der Waals surface area contributed by atoms with E-state index in [4.69, 9.17) is 11.6 Å². The number of imidazole rings is 1. The maximum Gasteiger partial charge on any atom is 0.131 e. The summed E-state index contributed by atoms with van der Waals surface area (Å²) in [5, 5.41) is 10.9. The lowest BCUT2D eigenvalue weighted by Gasteiger charge is -2.21. The zero-order valence-electron chi connectivity index (χ0n) is 12.1. The number of aromatic amines is 1. The van der Waals surface area contributed by atoms with Gasteiger partial charge in [0.1, 0.15) is 15.8 Å². The maximum atomic E-state index is 6.01. The van der Waals surface area contributed by atoms with E-state index in [1.54, 1.807) is 11.3 Å². The average molecular weight is 322 g/mol. The van der Waals surface area contributed by atoms with Crippen molar-refractivity contribution in [2.45, 2.75) is 26.4 Å². The molecule has 0 saturated carbocycles. The van der Waals surface area contributed by atoms with E-state index in [1.165, 1.54) is 0 Å². The van der Waals surface area contributed by atoms with E-state index in [0.717, 1.165) is 33.4 Å². The number of nitrogens with zero attached hydrogens (tertiary/aromatic N) is 4. The molecule has 0 fully saturated rings. The van der Waals surface area contributed by atoms with Crippen molar-refractivity contribution in [3.63, 3.8) is 0 Å². The molecular formula is C14H16ClN5S. The van der Waals surface area contributed by atoms with Crippen LogP contribution in [-0.4, -0.2) is 32.1 Å². The number of benzene rings is 1. The Morgan fingerprint density at radius 2 is 2.19 bits per heavy atom. The van der Waals surface area contributed by atoms with Gasteiger partial charge in [-0.2, -0.15) is 0 Å². The maximum absolute atomic E-state index is 6.01. The van der Waals surface area contributed by atoms with Gasteiger partial charge in [-0.25, -0.2) is 4.98 Å². The molecule has 0 amide bonds. The number of H-pyrrole nitrogens is 1. The predicted molar refractivity (Wildman–Crippen MR) is 85.6 cm³/mol. The van der Waals surface area contributed by atoms with Gasteiger partial charge in [0.2, 0.25) is 0 Å². The molecular weight excluding hydrogens is 306 g/mol. The quantitative estimate of drug-likeness (QED) is 0.798. The minimum absolute atomic E-state index is 0.153. The number of rotatable bonds is 4. The molecule has 0 bridgehead atoms. The topological polar surface area (TPSA) is 57.7 Å². The summed E-state index contributed by atoms with van der Waals surface area (Å²) in [6.07, 6.45) is 0. The molecule has 0 radical (unpaired) electrons. The van der Waals surface area contributed by atoms with Crippen LogP contribution in [0.1, 0.15) is 28.8 Å². The first kappa shape index (κ1) is 14.4. The van der Waals surface area contributed by atoms with Crippen molar-refractivity contribution in [3.8, 4) is 0 Å². The predicted octanol–water partition coefficient (Wildman–Crippen LogP) is 3.57. The van der Waals surface area contributed by atoms with Crippen LogP contribution in [0.25, 0.3) is 11.0 Å². The summed E-state index contributed by atoms with van der Waals surface area (Å²) in [6.45, 7) is 4.84. The highest BCUT2D eigenvalue weighted by atomic mass is 35.5. The Bertz CT molecular complexity index is 766. The SMILES string of the molecule is Cc1nnc(CN(C)C(C)c2nc3ccc(Cl)cc3[nH]2)s1. The number of nitrogens with one attached hydrogen (secondary N) is 1. The van der Waals surface area contributed by atoms with E-state index in [-0.39, 0.29) is 6.04 Å². The average Bonchev–Trinajstić information content (AvgIpc) is 3.03. The molecule has 0 saturated heterocycles. The van der Waals surface area contributed by atoms with Crippen LogP contribution in [0.2, 0.25) is 5.02 Å². The molecule has 1 N–H and O–H groups in total. The van der Waals surface area contributed by atoms with Crippen LogP contribution < -0.4 is 0 Å². The van der Waals surface area contributed by atoms with Crippen molar-refractivity contribution in [1.29, 1.82) is 0 Å². The van der Waals surface area contributed by atoms with E-state index in [9.17, 15) is 0 Å². The first-order valence-electron chi connectivity index (χ1n) is 6.67. The number of hydrogen-bond acceptors (Lipinski definition) is 5. The van der Waals surface area contributed by atoms with Crippen LogP contribution in [0.15, 0.2) is 18.2 Å². The molecule has 21 heavy (non-hydrogen) atoms. The van der Waals surface area contributed by atoms with Gasteiger partial charge >= 0.3 is 0 Å². The molecule has 5 nitrogen and oxygen atoms in total. The molecule has 2 heterocycles. The van der Waals surface area contributed by atoms with Gasteiger partial charge in [-0.1, -0.05) is 11.6 Å². The number of aromatic nitrogens is 4. The fourth-order valence-electron chi connectivity index (χ4n) is 2.16. The third-order valence-electron chi connectivity index (χ3n) is 3.47. The number of hydrogen-bond donors (Lipinski definition) is 1. The number of aryl methyl sites for hydroxylation is 1. The minimum atomic E-state index is 0.153. The number of halogens is 1. The highest BCUT2D eigenvalue weighted by Crippen LogP contribution is 2.23. The lowest BCUT2D eigenvalue weighted by atomic mass is 10.3. The zero-order chi connectivity index (χ0) is 15.0. The van der Waals surface area contributed by atoms with Crippen LogP contribution in [0.5, 0.6) is 0 Å². The lowest BCUT2D eigenvalue weighted by Crippen LogP contribution is -2.22. The smallest absolute Gasteiger partial charge is 0.131 e. The summed E-state index contributed by atoms with van der Waals surface area (Å²) >= 11 is 7.63. The standard InChI is InChI=1S/C14H16ClN5S/c1-8(20(3)7-13-19-18-9(2)21-13)14-16-11-5-4-10(15)6-12(11)17-14/h4-6,8H,7H2,1-3H3,(H,16,17). The summed E-state index contributed by atoms with van der Waals surface area (Å²) in [5.74, 6) is 0.927. The molecule has 1 unspecified atom stereocenters. The summed E-state index contributed by atoms with van der Waals surface area (Å²) in [5.41, 5.74) is 1.89. The number of fused-ring (bicyclic) bond motifs is 1. The van der Waals surface area contributed by atoms with Crippen LogP contribution in [0.4, 0.5) is 0 Å². The molecule has 0 aliphatic rings. The first-order valence-corrected chi connectivity index (χ1v) is 7.87. The summed E-state index contributed by atoms with van der Waals surface area (Å²) in [6, 6.07) is 5.83. The molecule has 3 rings (SSSR count). The Hall–Kier alpha value is -1.50.